The molecule has 0 fully saturated rings. The molecule has 45 heavy (non-hydrogen) atoms. The highest BCUT2D eigenvalue weighted by molar-refractivity contribution is 7.89. The number of benzene rings is 1. The fourth-order valence-corrected chi connectivity index (χ4v) is 6.29. The molecule has 262 valence electrons. The minimum atomic E-state index is -6.43. The van der Waals surface area contributed by atoms with E-state index in [1.807, 2.05) is 0 Å². The molecule has 9 nitrogen and oxygen atoms in total. The van der Waals surface area contributed by atoms with Crippen molar-refractivity contribution < 1.29 is 60.0 Å². The molecule has 2 atom stereocenters. The molecule has 0 aliphatic heterocycles. The third kappa shape index (κ3) is 15.1. The van der Waals surface area contributed by atoms with Gasteiger partial charge in [0.2, 0.25) is 10.0 Å². The Balaban J connectivity index is 3.12. The van der Waals surface area contributed by atoms with E-state index in [4.69, 9.17) is 0 Å². The van der Waals surface area contributed by atoms with Crippen molar-refractivity contribution in [1.29, 1.82) is 0 Å². The number of hydrogen-bond acceptors (Lipinski definition) is 8. The van der Waals surface area contributed by atoms with Crippen LogP contribution in [0.3, 0.4) is 0 Å². The minimum absolute atomic E-state index is 0.169. The molecule has 0 unspecified atom stereocenters. The summed E-state index contributed by atoms with van der Waals surface area (Å²) >= 11 is 0. The molecular weight excluding hydrogens is 676 g/mol. The van der Waals surface area contributed by atoms with Crippen LogP contribution in [0.15, 0.2) is 41.3 Å². The average Bonchev–Trinajstić information content (AvgIpc) is 2.92. The highest BCUT2D eigenvalue weighted by Gasteiger charge is 2.51. The van der Waals surface area contributed by atoms with E-state index < -0.39 is 64.9 Å². The van der Waals surface area contributed by atoms with E-state index in [1.54, 1.807) is 11.6 Å². The van der Waals surface area contributed by atoms with Crippen LogP contribution in [-0.4, -0.2) is 55.0 Å². The van der Waals surface area contributed by atoms with Crippen molar-refractivity contribution in [2.24, 2.45) is 0 Å². The molecule has 1 rings (SSSR count). The first-order chi connectivity index (χ1) is 20.7. The van der Waals surface area contributed by atoms with Gasteiger partial charge in [0.1, 0.15) is 6.10 Å². The van der Waals surface area contributed by atoms with Crippen LogP contribution in [0.2, 0.25) is 0 Å². The molecule has 1 aromatic rings. The van der Waals surface area contributed by atoms with Gasteiger partial charge in [-0.15, -0.1) is 0 Å². The first-order valence-corrected chi connectivity index (χ1v) is 18.7. The number of alkyl halides is 6. The van der Waals surface area contributed by atoms with Crippen LogP contribution in [0.25, 0.3) is 0 Å². The molecule has 0 aliphatic rings. The monoisotopic (exact) mass is 717 g/mol. The Bertz CT molecular complexity index is 1360. The summed E-state index contributed by atoms with van der Waals surface area (Å²) in [5.74, 6) is 0. The first kappa shape index (κ1) is 41.3. The number of allylic oxidation sites excluding steroid dienone is 1. The fourth-order valence-electron chi connectivity index (χ4n) is 4.00. The third-order valence-corrected chi connectivity index (χ3v) is 10.1. The Kier molecular flexibility index (Phi) is 17.0. The van der Waals surface area contributed by atoms with Crippen molar-refractivity contribution in [1.82, 2.24) is 4.72 Å². The van der Waals surface area contributed by atoms with Gasteiger partial charge in [-0.2, -0.15) is 43.2 Å². The minimum Gasteiger partial charge on any atom is -0.261 e. The number of unbranched alkanes of at least 4 members (excludes halogenated alkanes) is 11. The number of nitrogens with one attached hydrogen (secondary N) is 1. The Morgan fingerprint density at radius 2 is 1.20 bits per heavy atom. The number of hydrogen-bond donors (Lipinski definition) is 1. The van der Waals surface area contributed by atoms with Crippen molar-refractivity contribution >= 4 is 30.3 Å². The summed E-state index contributed by atoms with van der Waals surface area (Å²) in [5, 5.41) is 0. The van der Waals surface area contributed by atoms with Crippen LogP contribution in [0.5, 0.6) is 0 Å². The second kappa shape index (κ2) is 18.6. The van der Waals surface area contributed by atoms with Crippen molar-refractivity contribution in [3.63, 3.8) is 0 Å². The number of aryl methyl sites for hydroxylation is 1. The van der Waals surface area contributed by atoms with Gasteiger partial charge < -0.3 is 0 Å². The highest BCUT2D eigenvalue weighted by Crippen LogP contribution is 2.29. The van der Waals surface area contributed by atoms with E-state index >= 15 is 0 Å². The zero-order valence-corrected chi connectivity index (χ0v) is 27.5. The SMILES string of the molecule is CCCCCCCCCCCCC/C=C/[C@H](OS(=O)(=O)C(F)(F)F)[C@@H](COS(=O)(=O)C(F)(F)F)NS(=O)(=O)c1ccc(C)cc1. The maximum atomic E-state index is 13.2. The zero-order chi connectivity index (χ0) is 34.4. The smallest absolute Gasteiger partial charge is 0.261 e. The van der Waals surface area contributed by atoms with Gasteiger partial charge >= 0.3 is 31.3 Å². The zero-order valence-electron chi connectivity index (χ0n) is 25.1. The molecule has 18 heteroatoms. The molecule has 0 aromatic heterocycles. The molecule has 0 spiro atoms. The van der Waals surface area contributed by atoms with Crippen LogP contribution in [0, 0.1) is 6.92 Å². The molecule has 0 saturated carbocycles. The number of halogens is 6. The van der Waals surface area contributed by atoms with Crippen LogP contribution in [0.4, 0.5) is 26.3 Å². The van der Waals surface area contributed by atoms with Gasteiger partial charge in [0.05, 0.1) is 17.5 Å². The predicted octanol–water partition coefficient (Wildman–Crippen LogP) is 7.00. The number of rotatable bonds is 22. The molecule has 0 bridgehead atoms. The Morgan fingerprint density at radius 1 is 0.733 bits per heavy atom. The van der Waals surface area contributed by atoms with Gasteiger partial charge in [0.15, 0.2) is 0 Å². The summed E-state index contributed by atoms with van der Waals surface area (Å²) < 4.78 is 161. The lowest BCUT2D eigenvalue weighted by Crippen LogP contribution is -2.49. The van der Waals surface area contributed by atoms with Gasteiger partial charge in [-0.25, -0.2) is 13.1 Å². The summed E-state index contributed by atoms with van der Waals surface area (Å²) in [6.45, 7) is 1.99. The van der Waals surface area contributed by atoms with Crippen molar-refractivity contribution in [3.8, 4) is 0 Å². The Labute approximate surface area is 262 Å². The van der Waals surface area contributed by atoms with E-state index in [2.05, 4.69) is 15.3 Å². The maximum Gasteiger partial charge on any atom is 0.523 e. The second-order valence-electron chi connectivity index (χ2n) is 10.4. The molecule has 0 saturated heterocycles. The van der Waals surface area contributed by atoms with Crippen molar-refractivity contribution in [2.45, 2.75) is 119 Å². The summed E-state index contributed by atoms with van der Waals surface area (Å²) in [7, 11) is -17.6. The van der Waals surface area contributed by atoms with Crippen molar-refractivity contribution in [2.75, 3.05) is 6.61 Å². The first-order valence-electron chi connectivity index (χ1n) is 14.4. The van der Waals surface area contributed by atoms with Crippen LogP contribution in [-0.2, 0) is 38.6 Å². The molecule has 1 N–H and O–H groups in total. The molecule has 0 radical (unpaired) electrons. The molecule has 0 heterocycles. The van der Waals surface area contributed by atoms with E-state index in [-0.39, 0.29) is 6.42 Å². The summed E-state index contributed by atoms with van der Waals surface area (Å²) in [4.78, 5) is -0.501. The average molecular weight is 718 g/mol. The number of sulfonamides is 1. The lowest BCUT2D eigenvalue weighted by atomic mass is 10.0. The Morgan fingerprint density at radius 3 is 1.67 bits per heavy atom. The van der Waals surface area contributed by atoms with Gasteiger partial charge in [-0.1, -0.05) is 101 Å². The molecular formula is C27H41F6NO8S3. The largest absolute Gasteiger partial charge is 0.523 e. The topological polar surface area (TPSA) is 133 Å². The Hall–Kier alpha value is -1.73. The van der Waals surface area contributed by atoms with E-state index in [0.29, 0.717) is 24.5 Å². The van der Waals surface area contributed by atoms with Crippen LogP contribution in [0.1, 0.15) is 89.5 Å². The second-order valence-corrected chi connectivity index (χ2v) is 15.3. The normalized spacial score (nSPS) is 15.0. The quantitative estimate of drug-likeness (QED) is 0.0446. The third-order valence-electron chi connectivity index (χ3n) is 6.54. The van der Waals surface area contributed by atoms with Gasteiger partial charge in [0, 0.05) is 0 Å². The lowest BCUT2D eigenvalue weighted by molar-refractivity contribution is -0.0585. The van der Waals surface area contributed by atoms with Gasteiger partial charge in [-0.3, -0.25) is 8.37 Å². The highest BCUT2D eigenvalue weighted by atomic mass is 32.2. The molecule has 0 amide bonds. The standard InChI is InChI=1S/C27H41F6NO8S3/c1-3-4-5-6-7-8-9-10-11-12-13-14-15-16-25(42-45(39,40)27(31,32)33)24(21-41-44(37,38)26(28,29)30)34-43(35,36)23-19-17-22(2)18-20-23/h15-20,24-25,34H,3-14,21H2,1-2H3/b16-15+/t24-,25+/m1/s1. The van der Waals surface area contributed by atoms with E-state index in [1.165, 1.54) is 37.5 Å². The van der Waals surface area contributed by atoms with E-state index in [0.717, 1.165) is 50.7 Å². The van der Waals surface area contributed by atoms with Gasteiger partial charge in [0.25, 0.3) is 0 Å². The summed E-state index contributed by atoms with van der Waals surface area (Å²) in [5.41, 5.74) is -11.4. The predicted molar refractivity (Wildman–Crippen MR) is 156 cm³/mol. The molecule has 0 aliphatic carbocycles. The van der Waals surface area contributed by atoms with Crippen LogP contribution < -0.4 is 4.72 Å². The maximum absolute atomic E-state index is 13.2. The summed E-state index contributed by atoms with van der Waals surface area (Å²) in [6.07, 6.45) is 10.7. The van der Waals surface area contributed by atoms with Crippen molar-refractivity contribution in [3.05, 3.63) is 42.0 Å². The van der Waals surface area contributed by atoms with Crippen LogP contribution >= 0.6 is 0 Å². The van der Waals surface area contributed by atoms with E-state index in [9.17, 15) is 51.6 Å². The molecule has 1 aromatic carbocycles. The lowest BCUT2D eigenvalue weighted by Gasteiger charge is -2.26. The summed E-state index contributed by atoms with van der Waals surface area (Å²) in [6, 6.07) is 2.42. The van der Waals surface area contributed by atoms with Gasteiger partial charge in [-0.05, 0) is 31.9 Å². The fraction of sp³-hybridized carbons (Fsp3) is 0.704.